The van der Waals surface area contributed by atoms with Gasteiger partial charge in [-0.15, -0.1) is 0 Å². The molecule has 3 nitrogen and oxygen atoms in total. The van der Waals surface area contributed by atoms with E-state index in [9.17, 15) is 5.11 Å². The quantitative estimate of drug-likeness (QED) is 0.896. The van der Waals surface area contributed by atoms with Crippen molar-refractivity contribution in [3.63, 3.8) is 0 Å². The second kappa shape index (κ2) is 4.94. The number of ether oxygens (including phenoxy) is 2. The third-order valence-electron chi connectivity index (χ3n) is 3.45. The zero-order chi connectivity index (χ0) is 13.2. The number of para-hydroxylation sites is 1. The van der Waals surface area contributed by atoms with Crippen LogP contribution in [0.4, 0.5) is 0 Å². The van der Waals surface area contributed by atoms with Gasteiger partial charge in [0.2, 0.25) is 0 Å². The van der Waals surface area contributed by atoms with E-state index in [1.807, 2.05) is 48.5 Å². The van der Waals surface area contributed by atoms with Crippen molar-refractivity contribution < 1.29 is 14.6 Å². The summed E-state index contributed by atoms with van der Waals surface area (Å²) in [6, 6.07) is 15.4. The summed E-state index contributed by atoms with van der Waals surface area (Å²) < 4.78 is 11.2. The van der Waals surface area contributed by atoms with Crippen LogP contribution in [0, 0.1) is 0 Å². The molecular weight excluding hydrogens is 240 g/mol. The van der Waals surface area contributed by atoms with Crippen LogP contribution in [-0.4, -0.2) is 12.2 Å². The lowest BCUT2D eigenvalue weighted by Crippen LogP contribution is -2.18. The van der Waals surface area contributed by atoms with Crippen molar-refractivity contribution in [3.8, 4) is 11.5 Å². The molecule has 3 rings (SSSR count). The molecule has 0 saturated carbocycles. The summed E-state index contributed by atoms with van der Waals surface area (Å²) in [7, 11) is 1.64. The smallest absolute Gasteiger partial charge is 0.127 e. The Morgan fingerprint density at radius 3 is 2.84 bits per heavy atom. The van der Waals surface area contributed by atoms with Crippen LogP contribution in [0.25, 0.3) is 0 Å². The molecule has 2 atom stereocenters. The van der Waals surface area contributed by atoms with Gasteiger partial charge >= 0.3 is 0 Å². The summed E-state index contributed by atoms with van der Waals surface area (Å²) in [6.45, 7) is 0. The van der Waals surface area contributed by atoms with Crippen molar-refractivity contribution in [1.82, 2.24) is 0 Å². The first-order valence-electron chi connectivity index (χ1n) is 6.35. The molecule has 1 aliphatic rings. The first-order chi connectivity index (χ1) is 9.28. The van der Waals surface area contributed by atoms with Gasteiger partial charge in [0.1, 0.15) is 17.6 Å². The molecule has 0 spiro atoms. The van der Waals surface area contributed by atoms with Gasteiger partial charge in [0.25, 0.3) is 0 Å². The average molecular weight is 256 g/mol. The van der Waals surface area contributed by atoms with E-state index in [-0.39, 0.29) is 6.10 Å². The fraction of sp³-hybridized carbons (Fsp3) is 0.250. The molecule has 2 aromatic rings. The SMILES string of the molecule is COc1cccc(C2CC(O)c3ccccc3O2)c1. The van der Waals surface area contributed by atoms with Crippen LogP contribution < -0.4 is 9.47 Å². The van der Waals surface area contributed by atoms with Crippen LogP contribution in [0.3, 0.4) is 0 Å². The number of fused-ring (bicyclic) bond motifs is 1. The number of rotatable bonds is 2. The second-order valence-corrected chi connectivity index (χ2v) is 4.67. The van der Waals surface area contributed by atoms with E-state index in [4.69, 9.17) is 9.47 Å². The summed E-state index contributed by atoms with van der Waals surface area (Å²) in [6.07, 6.45) is -0.0642. The Morgan fingerprint density at radius 2 is 2.00 bits per heavy atom. The maximum absolute atomic E-state index is 10.2. The number of benzene rings is 2. The van der Waals surface area contributed by atoms with Crippen LogP contribution in [0.2, 0.25) is 0 Å². The van der Waals surface area contributed by atoms with Gasteiger partial charge in [0.15, 0.2) is 0 Å². The van der Waals surface area contributed by atoms with E-state index in [2.05, 4.69) is 0 Å². The Morgan fingerprint density at radius 1 is 1.16 bits per heavy atom. The van der Waals surface area contributed by atoms with E-state index >= 15 is 0 Å². The summed E-state index contributed by atoms with van der Waals surface area (Å²) >= 11 is 0. The van der Waals surface area contributed by atoms with Crippen molar-refractivity contribution in [2.24, 2.45) is 0 Å². The molecule has 0 amide bonds. The predicted octanol–water partition coefficient (Wildman–Crippen LogP) is 3.25. The maximum atomic E-state index is 10.2. The molecule has 0 fully saturated rings. The molecule has 1 heterocycles. The standard InChI is InChI=1S/C16H16O3/c1-18-12-6-4-5-11(9-12)16-10-14(17)13-7-2-3-8-15(13)19-16/h2-9,14,16-17H,10H2,1H3. The molecule has 19 heavy (non-hydrogen) atoms. The normalized spacial score (nSPS) is 21.4. The van der Waals surface area contributed by atoms with Gasteiger partial charge in [0.05, 0.1) is 13.2 Å². The van der Waals surface area contributed by atoms with Gasteiger partial charge in [-0.2, -0.15) is 0 Å². The molecular formula is C16H16O3. The van der Waals surface area contributed by atoms with Crippen LogP contribution in [0.5, 0.6) is 11.5 Å². The third-order valence-corrected chi connectivity index (χ3v) is 3.45. The lowest BCUT2D eigenvalue weighted by molar-refractivity contribution is 0.0656. The highest BCUT2D eigenvalue weighted by molar-refractivity contribution is 5.39. The molecule has 3 heteroatoms. The predicted molar refractivity (Wildman–Crippen MR) is 72.4 cm³/mol. The number of aliphatic hydroxyl groups excluding tert-OH is 1. The molecule has 0 radical (unpaired) electrons. The summed E-state index contributed by atoms with van der Waals surface area (Å²) in [5, 5.41) is 10.2. The van der Waals surface area contributed by atoms with Gasteiger partial charge in [0, 0.05) is 12.0 Å². The largest absolute Gasteiger partial charge is 0.497 e. The molecule has 0 aliphatic carbocycles. The maximum Gasteiger partial charge on any atom is 0.127 e. The van der Waals surface area contributed by atoms with E-state index in [0.29, 0.717) is 6.42 Å². The van der Waals surface area contributed by atoms with Crippen molar-refractivity contribution in [3.05, 3.63) is 59.7 Å². The van der Waals surface area contributed by atoms with Gasteiger partial charge in [-0.3, -0.25) is 0 Å². The third kappa shape index (κ3) is 2.29. The zero-order valence-electron chi connectivity index (χ0n) is 10.7. The number of aliphatic hydroxyl groups is 1. The number of methoxy groups -OCH3 is 1. The monoisotopic (exact) mass is 256 g/mol. The van der Waals surface area contributed by atoms with E-state index in [1.165, 1.54) is 0 Å². The van der Waals surface area contributed by atoms with Crippen molar-refractivity contribution in [1.29, 1.82) is 0 Å². The van der Waals surface area contributed by atoms with E-state index in [0.717, 1.165) is 22.6 Å². The first kappa shape index (κ1) is 12.1. The van der Waals surface area contributed by atoms with E-state index < -0.39 is 6.10 Å². The highest BCUT2D eigenvalue weighted by Crippen LogP contribution is 2.40. The van der Waals surface area contributed by atoms with Gasteiger partial charge in [-0.05, 0) is 23.8 Å². The minimum Gasteiger partial charge on any atom is -0.497 e. The van der Waals surface area contributed by atoms with Crippen LogP contribution in [-0.2, 0) is 0 Å². The van der Waals surface area contributed by atoms with Gasteiger partial charge in [-0.25, -0.2) is 0 Å². The fourth-order valence-electron chi connectivity index (χ4n) is 2.44. The molecule has 98 valence electrons. The van der Waals surface area contributed by atoms with Crippen molar-refractivity contribution >= 4 is 0 Å². The molecule has 0 bridgehead atoms. The fourth-order valence-corrected chi connectivity index (χ4v) is 2.44. The Bertz CT molecular complexity index is 580. The first-order valence-corrected chi connectivity index (χ1v) is 6.35. The number of hydrogen-bond acceptors (Lipinski definition) is 3. The molecule has 0 saturated heterocycles. The number of hydrogen-bond donors (Lipinski definition) is 1. The second-order valence-electron chi connectivity index (χ2n) is 4.67. The summed E-state index contributed by atoms with van der Waals surface area (Å²) in [4.78, 5) is 0. The summed E-state index contributed by atoms with van der Waals surface area (Å²) in [5.41, 5.74) is 1.88. The minimum absolute atomic E-state index is 0.139. The molecule has 1 N–H and O–H groups in total. The minimum atomic E-state index is -0.485. The molecule has 2 aromatic carbocycles. The zero-order valence-corrected chi connectivity index (χ0v) is 10.7. The summed E-state index contributed by atoms with van der Waals surface area (Å²) in [5.74, 6) is 1.56. The highest BCUT2D eigenvalue weighted by Gasteiger charge is 2.27. The van der Waals surface area contributed by atoms with Crippen LogP contribution in [0.15, 0.2) is 48.5 Å². The highest BCUT2D eigenvalue weighted by atomic mass is 16.5. The molecule has 0 aromatic heterocycles. The Hall–Kier alpha value is -2.00. The van der Waals surface area contributed by atoms with Crippen LogP contribution in [0.1, 0.15) is 29.8 Å². The van der Waals surface area contributed by atoms with Gasteiger partial charge in [-0.1, -0.05) is 30.3 Å². The van der Waals surface area contributed by atoms with E-state index in [1.54, 1.807) is 7.11 Å². The lowest BCUT2D eigenvalue weighted by Gasteiger charge is -2.30. The Labute approximate surface area is 112 Å². The Kier molecular flexibility index (Phi) is 3.13. The van der Waals surface area contributed by atoms with Crippen molar-refractivity contribution in [2.45, 2.75) is 18.6 Å². The lowest BCUT2D eigenvalue weighted by atomic mass is 9.95. The average Bonchev–Trinajstić information content (AvgIpc) is 2.47. The van der Waals surface area contributed by atoms with Gasteiger partial charge < -0.3 is 14.6 Å². The molecule has 1 aliphatic heterocycles. The Balaban J connectivity index is 1.92. The van der Waals surface area contributed by atoms with Crippen LogP contribution >= 0.6 is 0 Å². The molecule has 2 unspecified atom stereocenters. The van der Waals surface area contributed by atoms with Crippen molar-refractivity contribution in [2.75, 3.05) is 7.11 Å². The topological polar surface area (TPSA) is 38.7 Å².